The van der Waals surface area contributed by atoms with Crippen LogP contribution in [-0.4, -0.2) is 84.9 Å². The summed E-state index contributed by atoms with van der Waals surface area (Å²) in [6.07, 6.45) is 4.18. The molecule has 0 radical (unpaired) electrons. The molecule has 14 heteroatoms. The van der Waals surface area contributed by atoms with Crippen molar-refractivity contribution in [3.63, 3.8) is 0 Å². The van der Waals surface area contributed by atoms with Crippen LogP contribution >= 0.6 is 0 Å². The molecule has 8 rings (SSSR count). The van der Waals surface area contributed by atoms with Gasteiger partial charge in [-0.25, -0.2) is 13.6 Å². The molecule has 0 atom stereocenters. The number of anilines is 4. The minimum absolute atomic E-state index is 0.159. The van der Waals surface area contributed by atoms with E-state index < -0.39 is 11.6 Å². The van der Waals surface area contributed by atoms with E-state index >= 15 is 0 Å². The fraction of sp³-hybridized carbons (Fsp3) is 0.349. The summed E-state index contributed by atoms with van der Waals surface area (Å²) in [6.45, 7) is 4.11. The van der Waals surface area contributed by atoms with Gasteiger partial charge in [0.15, 0.2) is 5.82 Å². The molecule has 296 valence electrons. The molecule has 3 aliphatic rings. The monoisotopic (exact) mass is 776 g/mol. The second kappa shape index (κ2) is 16.7. The maximum atomic E-state index is 14.0. The number of hydrogen-bond donors (Lipinski definition) is 4. The number of imide groups is 1. The third-order valence-corrected chi connectivity index (χ3v) is 11.2. The summed E-state index contributed by atoms with van der Waals surface area (Å²) in [6, 6.07) is 23.1. The molecule has 0 aliphatic carbocycles. The SMILES string of the molecule is CN(Cc1cccc(N2CCC(=O)NC2=O)c1)C1CCN(c2ccc(C(=O)Nc3n[nH]c4ccc(Cc5cc(F)cc(F)c5)cc34)c(NC3CCOCC3)c2)CC1. The Balaban J connectivity index is 0.944. The summed E-state index contributed by atoms with van der Waals surface area (Å²) in [5.74, 6) is -1.44. The molecule has 12 nitrogen and oxygen atoms in total. The number of aromatic nitrogens is 2. The third-order valence-electron chi connectivity index (χ3n) is 11.2. The highest BCUT2D eigenvalue weighted by Crippen LogP contribution is 2.31. The van der Waals surface area contributed by atoms with E-state index in [9.17, 15) is 23.2 Å². The molecule has 0 bridgehead atoms. The van der Waals surface area contributed by atoms with Crippen LogP contribution in [-0.2, 0) is 22.5 Å². The molecule has 4 amide bonds. The summed E-state index contributed by atoms with van der Waals surface area (Å²) in [4.78, 5) is 44.4. The Morgan fingerprint density at radius 1 is 0.877 bits per heavy atom. The van der Waals surface area contributed by atoms with Crippen molar-refractivity contribution in [1.82, 2.24) is 20.4 Å². The van der Waals surface area contributed by atoms with Crippen molar-refractivity contribution in [2.45, 2.75) is 57.2 Å². The van der Waals surface area contributed by atoms with Crippen molar-refractivity contribution in [3.05, 3.63) is 113 Å². The van der Waals surface area contributed by atoms with Crippen molar-refractivity contribution in [2.75, 3.05) is 60.3 Å². The Morgan fingerprint density at radius 3 is 2.44 bits per heavy atom. The Kier molecular flexibility index (Phi) is 11.1. The molecule has 57 heavy (non-hydrogen) atoms. The predicted molar refractivity (Wildman–Crippen MR) is 216 cm³/mol. The first kappa shape index (κ1) is 38.0. The van der Waals surface area contributed by atoms with Crippen molar-refractivity contribution in [2.24, 2.45) is 0 Å². The zero-order valence-corrected chi connectivity index (χ0v) is 31.8. The van der Waals surface area contributed by atoms with Gasteiger partial charge in [0, 0.05) is 86.4 Å². The number of ether oxygens (including phenoxy) is 1. The van der Waals surface area contributed by atoms with E-state index in [1.54, 1.807) is 4.90 Å². The van der Waals surface area contributed by atoms with Gasteiger partial charge in [0.2, 0.25) is 5.91 Å². The lowest BCUT2D eigenvalue weighted by atomic mass is 10.0. The number of halogens is 2. The average Bonchev–Trinajstić information content (AvgIpc) is 3.59. The summed E-state index contributed by atoms with van der Waals surface area (Å²) < 4.78 is 33.3. The first-order valence-electron chi connectivity index (χ1n) is 19.5. The van der Waals surface area contributed by atoms with Crippen molar-refractivity contribution in [1.29, 1.82) is 0 Å². The fourth-order valence-electron chi connectivity index (χ4n) is 8.11. The van der Waals surface area contributed by atoms with Crippen LogP contribution < -0.4 is 25.8 Å². The van der Waals surface area contributed by atoms with Crippen LogP contribution in [0.15, 0.2) is 78.9 Å². The maximum Gasteiger partial charge on any atom is 0.328 e. The molecule has 3 aliphatic heterocycles. The van der Waals surface area contributed by atoms with E-state index in [1.165, 1.54) is 12.1 Å². The molecule has 4 aromatic carbocycles. The number of piperidine rings is 1. The Labute approximate surface area is 329 Å². The van der Waals surface area contributed by atoms with Gasteiger partial charge < -0.3 is 20.3 Å². The molecule has 1 aromatic heterocycles. The quantitative estimate of drug-likeness (QED) is 0.115. The van der Waals surface area contributed by atoms with Gasteiger partial charge in [0.05, 0.1) is 11.1 Å². The molecular formula is C43H46F2N8O4. The van der Waals surface area contributed by atoms with Crippen LogP contribution in [0.25, 0.3) is 10.9 Å². The summed E-state index contributed by atoms with van der Waals surface area (Å²) in [5.41, 5.74) is 6.22. The van der Waals surface area contributed by atoms with Gasteiger partial charge in [-0.1, -0.05) is 18.2 Å². The van der Waals surface area contributed by atoms with Gasteiger partial charge >= 0.3 is 6.03 Å². The molecule has 0 unspecified atom stereocenters. The number of urea groups is 1. The summed E-state index contributed by atoms with van der Waals surface area (Å²) >= 11 is 0. The first-order chi connectivity index (χ1) is 27.6. The zero-order chi connectivity index (χ0) is 39.5. The first-order valence-corrected chi connectivity index (χ1v) is 19.5. The van der Waals surface area contributed by atoms with Crippen LogP contribution in [0.4, 0.5) is 36.5 Å². The lowest BCUT2D eigenvalue weighted by molar-refractivity contribution is -0.120. The number of nitrogens with one attached hydrogen (secondary N) is 4. The molecule has 3 saturated heterocycles. The third kappa shape index (κ3) is 8.92. The number of benzene rings is 4. The zero-order valence-electron chi connectivity index (χ0n) is 31.8. The highest BCUT2D eigenvalue weighted by Gasteiger charge is 2.27. The van der Waals surface area contributed by atoms with Crippen LogP contribution in [0.3, 0.4) is 0 Å². The van der Waals surface area contributed by atoms with Gasteiger partial charge in [-0.3, -0.25) is 29.8 Å². The molecule has 5 aromatic rings. The van der Waals surface area contributed by atoms with Gasteiger partial charge in [-0.15, -0.1) is 0 Å². The van der Waals surface area contributed by atoms with Gasteiger partial charge in [0.1, 0.15) is 11.6 Å². The lowest BCUT2D eigenvalue weighted by Crippen LogP contribution is -2.49. The van der Waals surface area contributed by atoms with E-state index in [0.717, 1.165) is 85.1 Å². The van der Waals surface area contributed by atoms with E-state index in [0.29, 0.717) is 54.6 Å². The van der Waals surface area contributed by atoms with Crippen LogP contribution in [0, 0.1) is 11.6 Å². The topological polar surface area (TPSA) is 135 Å². The number of amides is 4. The van der Waals surface area contributed by atoms with Crippen molar-refractivity contribution >= 4 is 51.6 Å². The number of fused-ring (bicyclic) bond motifs is 1. The number of hydrogen-bond acceptors (Lipinski definition) is 8. The minimum Gasteiger partial charge on any atom is -0.381 e. The molecule has 0 spiro atoms. The normalized spacial score (nSPS) is 17.0. The lowest BCUT2D eigenvalue weighted by Gasteiger charge is -2.38. The predicted octanol–water partition coefficient (Wildman–Crippen LogP) is 6.82. The van der Waals surface area contributed by atoms with E-state index in [1.807, 2.05) is 48.5 Å². The van der Waals surface area contributed by atoms with E-state index in [-0.39, 0.29) is 30.3 Å². The highest BCUT2D eigenvalue weighted by molar-refractivity contribution is 6.11. The molecular weight excluding hydrogens is 731 g/mol. The van der Waals surface area contributed by atoms with Gasteiger partial charge in [-0.05, 0) is 110 Å². The molecule has 4 heterocycles. The Bertz CT molecular complexity index is 2260. The van der Waals surface area contributed by atoms with Gasteiger partial charge in [-0.2, -0.15) is 5.10 Å². The number of rotatable bonds is 11. The van der Waals surface area contributed by atoms with E-state index in [4.69, 9.17) is 4.74 Å². The van der Waals surface area contributed by atoms with Crippen molar-refractivity contribution in [3.8, 4) is 0 Å². The second-order valence-electron chi connectivity index (χ2n) is 15.2. The second-order valence-corrected chi connectivity index (χ2v) is 15.2. The maximum absolute atomic E-state index is 14.0. The van der Waals surface area contributed by atoms with Crippen molar-refractivity contribution < 1.29 is 27.9 Å². The fourth-order valence-corrected chi connectivity index (χ4v) is 8.11. The minimum atomic E-state index is -0.627. The smallest absolute Gasteiger partial charge is 0.328 e. The number of carbonyl (C=O) groups excluding carboxylic acids is 3. The van der Waals surface area contributed by atoms with Crippen LogP contribution in [0.2, 0.25) is 0 Å². The Hall–Kier alpha value is -5.86. The van der Waals surface area contributed by atoms with E-state index in [2.05, 4.69) is 55.1 Å². The molecule has 3 fully saturated rings. The standard InChI is InChI=1S/C43H46F2N8O4/c1-51(26-28-3-2-4-35(22-28)53-16-11-40(54)47-43(53)56)33-9-14-52(15-10-33)34-6-7-36(39(25-34)46-32-12-17-57-18-13-32)42(55)48-41-37-23-27(5-8-38(37)49-50-41)19-29-20-30(44)24-31(45)21-29/h2-8,20-25,32-33,46H,9-19,26H2,1H3,(H,47,54,56)(H2,48,49,50,55). The number of nitrogens with zero attached hydrogens (tertiary/aromatic N) is 4. The highest BCUT2D eigenvalue weighted by atomic mass is 19.1. The molecule has 0 saturated carbocycles. The summed E-state index contributed by atoms with van der Waals surface area (Å²) in [5, 5.41) is 17.1. The molecule has 4 N–H and O–H groups in total. The largest absolute Gasteiger partial charge is 0.381 e. The van der Waals surface area contributed by atoms with Gasteiger partial charge in [0.25, 0.3) is 5.91 Å². The number of aromatic amines is 1. The number of carbonyl (C=O) groups is 3. The Morgan fingerprint density at radius 2 is 1.67 bits per heavy atom. The van der Waals surface area contributed by atoms with Crippen LogP contribution in [0.5, 0.6) is 0 Å². The number of H-pyrrole nitrogens is 1. The average molecular weight is 777 g/mol. The van der Waals surface area contributed by atoms with Crippen LogP contribution in [0.1, 0.15) is 59.2 Å². The summed E-state index contributed by atoms with van der Waals surface area (Å²) in [7, 11) is 2.14.